The minimum atomic E-state index is -0.299. The third kappa shape index (κ3) is 2.88. The predicted molar refractivity (Wildman–Crippen MR) is 52.7 cm³/mol. The smallest absolute Gasteiger partial charge is 0.309 e. The van der Waals surface area contributed by atoms with Crippen molar-refractivity contribution in [1.29, 1.82) is 0 Å². The van der Waals surface area contributed by atoms with E-state index < -0.39 is 0 Å². The van der Waals surface area contributed by atoms with E-state index in [-0.39, 0.29) is 10.9 Å². The van der Waals surface area contributed by atoms with Gasteiger partial charge in [0.25, 0.3) is 0 Å². The second-order valence-corrected chi connectivity index (χ2v) is 4.38. The number of carbonyl (C=O) groups excluding carboxylic acids is 1. The van der Waals surface area contributed by atoms with Crippen LogP contribution < -0.4 is 0 Å². The average Bonchev–Trinajstić information content (AvgIpc) is 2.54. The molecule has 1 saturated heterocycles. The highest BCUT2D eigenvalue weighted by atomic mass is 32.2. The van der Waals surface area contributed by atoms with Crippen molar-refractivity contribution in [3.8, 4) is 0 Å². The lowest BCUT2D eigenvalue weighted by Crippen LogP contribution is -2.28. The molecule has 0 bridgehead atoms. The van der Waals surface area contributed by atoms with Crippen molar-refractivity contribution >= 4 is 17.7 Å². The van der Waals surface area contributed by atoms with Crippen LogP contribution in [0.2, 0.25) is 0 Å². The van der Waals surface area contributed by atoms with Gasteiger partial charge in [-0.1, -0.05) is 6.92 Å². The molecule has 0 aromatic heterocycles. The number of hydrogen-bond donors (Lipinski definition) is 0. The van der Waals surface area contributed by atoms with Crippen LogP contribution in [0, 0.1) is 0 Å². The molecule has 0 aromatic carbocycles. The molecule has 1 aliphatic rings. The molecule has 13 heavy (non-hydrogen) atoms. The third-order valence-corrected chi connectivity index (χ3v) is 3.52. The lowest BCUT2D eigenvalue weighted by atomic mass is 10.2. The summed E-state index contributed by atoms with van der Waals surface area (Å²) >= 11 is 1.72. The van der Waals surface area contributed by atoms with Crippen molar-refractivity contribution < 1.29 is 14.3 Å². The lowest BCUT2D eigenvalue weighted by molar-refractivity contribution is -0.147. The Morgan fingerprint density at radius 3 is 2.85 bits per heavy atom. The van der Waals surface area contributed by atoms with E-state index >= 15 is 0 Å². The summed E-state index contributed by atoms with van der Waals surface area (Å²) in [5.41, 5.74) is 0. The van der Waals surface area contributed by atoms with Crippen LogP contribution in [0.4, 0.5) is 0 Å². The Balaban J connectivity index is 2.43. The second-order valence-electron chi connectivity index (χ2n) is 2.94. The molecule has 0 aromatic rings. The SMILES string of the molecule is CCOC(=O)CC1(CC)OCCS1. The van der Waals surface area contributed by atoms with E-state index in [1.165, 1.54) is 0 Å². The highest BCUT2D eigenvalue weighted by Crippen LogP contribution is 2.38. The highest BCUT2D eigenvalue weighted by Gasteiger charge is 2.36. The quantitative estimate of drug-likeness (QED) is 0.654. The molecule has 1 heterocycles. The molecule has 0 aliphatic carbocycles. The summed E-state index contributed by atoms with van der Waals surface area (Å²) in [6.45, 7) is 5.05. The molecule has 76 valence electrons. The van der Waals surface area contributed by atoms with E-state index in [4.69, 9.17) is 9.47 Å². The van der Waals surface area contributed by atoms with Crippen LogP contribution in [0.3, 0.4) is 0 Å². The van der Waals surface area contributed by atoms with Crippen molar-refractivity contribution in [1.82, 2.24) is 0 Å². The summed E-state index contributed by atoms with van der Waals surface area (Å²) in [7, 11) is 0. The Morgan fingerprint density at radius 1 is 1.62 bits per heavy atom. The second kappa shape index (κ2) is 4.86. The first kappa shape index (κ1) is 10.9. The Kier molecular flexibility index (Phi) is 4.06. The Morgan fingerprint density at radius 2 is 2.38 bits per heavy atom. The molecule has 0 radical (unpaired) electrons. The maximum absolute atomic E-state index is 11.2. The molecule has 4 heteroatoms. The summed E-state index contributed by atoms with van der Waals surface area (Å²) in [4.78, 5) is 10.9. The zero-order valence-corrected chi connectivity index (χ0v) is 8.99. The first-order valence-electron chi connectivity index (χ1n) is 4.66. The molecule has 1 aliphatic heterocycles. The topological polar surface area (TPSA) is 35.5 Å². The first-order chi connectivity index (χ1) is 6.22. The largest absolute Gasteiger partial charge is 0.466 e. The minimum absolute atomic E-state index is 0.154. The summed E-state index contributed by atoms with van der Waals surface area (Å²) in [5.74, 6) is 0.825. The van der Waals surface area contributed by atoms with E-state index in [1.54, 1.807) is 11.8 Å². The molecule has 0 N–H and O–H groups in total. The number of ether oxygens (including phenoxy) is 2. The van der Waals surface area contributed by atoms with Crippen molar-refractivity contribution in [2.45, 2.75) is 31.6 Å². The van der Waals surface area contributed by atoms with Crippen molar-refractivity contribution in [3.63, 3.8) is 0 Å². The normalized spacial score (nSPS) is 27.5. The number of carbonyl (C=O) groups is 1. The molecule has 0 amide bonds. The molecule has 1 fully saturated rings. The van der Waals surface area contributed by atoms with Gasteiger partial charge in [-0.05, 0) is 13.3 Å². The van der Waals surface area contributed by atoms with Crippen LogP contribution in [-0.4, -0.2) is 29.9 Å². The fourth-order valence-corrected chi connectivity index (χ4v) is 2.49. The van der Waals surface area contributed by atoms with Gasteiger partial charge in [0.2, 0.25) is 0 Å². The van der Waals surface area contributed by atoms with Gasteiger partial charge in [0.1, 0.15) is 4.93 Å². The first-order valence-corrected chi connectivity index (χ1v) is 5.64. The van der Waals surface area contributed by atoms with Crippen molar-refractivity contribution in [2.24, 2.45) is 0 Å². The molecule has 1 unspecified atom stereocenters. The number of esters is 1. The number of thioether (sulfide) groups is 1. The standard InChI is InChI=1S/C9H16O3S/c1-3-9(12-5-6-13-9)7-8(10)11-4-2/h3-7H2,1-2H3. The Hall–Kier alpha value is -0.220. The summed E-state index contributed by atoms with van der Waals surface area (Å²) in [5, 5.41) is 0. The predicted octanol–water partition coefficient (Wildman–Crippen LogP) is 1.81. The monoisotopic (exact) mass is 204 g/mol. The van der Waals surface area contributed by atoms with Gasteiger partial charge < -0.3 is 9.47 Å². The molecule has 3 nitrogen and oxygen atoms in total. The molecule has 1 rings (SSSR count). The van der Waals surface area contributed by atoms with Crippen LogP contribution in [0.5, 0.6) is 0 Å². The fourth-order valence-electron chi connectivity index (χ4n) is 1.36. The molecular weight excluding hydrogens is 188 g/mol. The zero-order chi connectivity index (χ0) is 9.73. The zero-order valence-electron chi connectivity index (χ0n) is 8.17. The van der Waals surface area contributed by atoms with E-state index in [9.17, 15) is 4.79 Å². The number of rotatable bonds is 4. The van der Waals surface area contributed by atoms with Gasteiger partial charge in [0, 0.05) is 5.75 Å². The molecule has 0 spiro atoms. The summed E-state index contributed by atoms with van der Waals surface area (Å²) in [6, 6.07) is 0. The molecule has 0 saturated carbocycles. The van der Waals surface area contributed by atoms with Crippen LogP contribution in [0.25, 0.3) is 0 Å². The maximum atomic E-state index is 11.2. The van der Waals surface area contributed by atoms with Gasteiger partial charge in [-0.3, -0.25) is 4.79 Å². The van der Waals surface area contributed by atoms with Gasteiger partial charge in [0.05, 0.1) is 19.6 Å². The molecule has 1 atom stereocenters. The lowest BCUT2D eigenvalue weighted by Gasteiger charge is -2.24. The molecular formula is C9H16O3S. The minimum Gasteiger partial charge on any atom is -0.466 e. The average molecular weight is 204 g/mol. The van der Waals surface area contributed by atoms with Crippen LogP contribution in [0.1, 0.15) is 26.7 Å². The third-order valence-electron chi connectivity index (χ3n) is 2.07. The van der Waals surface area contributed by atoms with E-state index in [0.717, 1.165) is 18.8 Å². The van der Waals surface area contributed by atoms with E-state index in [0.29, 0.717) is 13.0 Å². The fraction of sp³-hybridized carbons (Fsp3) is 0.889. The maximum Gasteiger partial charge on any atom is 0.309 e. The van der Waals surface area contributed by atoms with Gasteiger partial charge in [-0.15, -0.1) is 11.8 Å². The van der Waals surface area contributed by atoms with Crippen LogP contribution in [-0.2, 0) is 14.3 Å². The van der Waals surface area contributed by atoms with Gasteiger partial charge in [-0.25, -0.2) is 0 Å². The van der Waals surface area contributed by atoms with Crippen molar-refractivity contribution in [2.75, 3.05) is 19.0 Å². The van der Waals surface area contributed by atoms with Gasteiger partial charge in [0.15, 0.2) is 0 Å². The Labute approximate surface area is 83.2 Å². The van der Waals surface area contributed by atoms with Crippen LogP contribution >= 0.6 is 11.8 Å². The van der Waals surface area contributed by atoms with E-state index in [1.807, 2.05) is 13.8 Å². The summed E-state index contributed by atoms with van der Waals surface area (Å²) < 4.78 is 10.5. The van der Waals surface area contributed by atoms with Gasteiger partial charge in [-0.2, -0.15) is 0 Å². The Bertz CT molecular complexity index is 176. The van der Waals surface area contributed by atoms with Gasteiger partial charge >= 0.3 is 5.97 Å². The van der Waals surface area contributed by atoms with E-state index in [2.05, 4.69) is 0 Å². The summed E-state index contributed by atoms with van der Waals surface area (Å²) in [6.07, 6.45) is 1.23. The van der Waals surface area contributed by atoms with Crippen molar-refractivity contribution in [3.05, 3.63) is 0 Å². The number of hydrogen-bond acceptors (Lipinski definition) is 4. The van der Waals surface area contributed by atoms with Crippen LogP contribution in [0.15, 0.2) is 0 Å². The highest BCUT2D eigenvalue weighted by molar-refractivity contribution is 8.00.